The Morgan fingerprint density at radius 1 is 1.16 bits per heavy atom. The summed E-state index contributed by atoms with van der Waals surface area (Å²) in [4.78, 5) is 0. The lowest BCUT2D eigenvalue weighted by Crippen LogP contribution is -2.32. The van der Waals surface area contributed by atoms with Crippen LogP contribution >= 0.6 is 11.6 Å². The molecule has 1 heteroatoms. The van der Waals surface area contributed by atoms with Crippen molar-refractivity contribution in [3.05, 3.63) is 35.9 Å². The van der Waals surface area contributed by atoms with E-state index in [9.17, 15) is 0 Å². The maximum Gasteiger partial charge on any atom is 0.0320 e. The monoisotopic (exact) mass is 276 g/mol. The highest BCUT2D eigenvalue weighted by molar-refractivity contribution is 6.18. The quantitative estimate of drug-likeness (QED) is 0.632. The second-order valence-electron chi connectivity index (χ2n) is 6.77. The average molecular weight is 277 g/mol. The van der Waals surface area contributed by atoms with Gasteiger partial charge in [-0.25, -0.2) is 0 Å². The molecule has 0 amide bonds. The molecule has 0 nitrogen and oxygen atoms in total. The first kappa shape index (κ1) is 13.5. The maximum atomic E-state index is 6.44. The fourth-order valence-electron chi connectivity index (χ4n) is 4.61. The van der Waals surface area contributed by atoms with Crippen LogP contribution in [0.1, 0.15) is 51.0 Å². The van der Waals surface area contributed by atoms with Crippen LogP contribution < -0.4 is 0 Å². The molecule has 1 aromatic carbocycles. The summed E-state index contributed by atoms with van der Waals surface area (Å²) in [6, 6.07) is 11.0. The number of benzene rings is 1. The van der Waals surface area contributed by atoms with Crippen molar-refractivity contribution in [1.29, 1.82) is 0 Å². The van der Waals surface area contributed by atoms with Gasteiger partial charge in [0.25, 0.3) is 0 Å². The molecule has 0 radical (unpaired) electrons. The largest absolute Gasteiger partial charge is 0.126 e. The van der Waals surface area contributed by atoms with Crippen LogP contribution in [0.4, 0.5) is 0 Å². The first-order valence-electron chi connectivity index (χ1n) is 7.89. The Morgan fingerprint density at radius 2 is 1.95 bits per heavy atom. The molecule has 0 spiro atoms. The molecule has 0 N–H and O–H groups in total. The van der Waals surface area contributed by atoms with Crippen LogP contribution in [0.25, 0.3) is 0 Å². The number of alkyl halides is 1. The summed E-state index contributed by atoms with van der Waals surface area (Å²) < 4.78 is 0. The lowest BCUT2D eigenvalue weighted by Gasteiger charge is -2.36. The van der Waals surface area contributed by atoms with Gasteiger partial charge < -0.3 is 0 Å². The molecular weight excluding hydrogens is 252 g/mol. The van der Waals surface area contributed by atoms with Crippen LogP contribution in [-0.4, -0.2) is 5.88 Å². The minimum atomic E-state index is 0.206. The van der Waals surface area contributed by atoms with Crippen LogP contribution in [0.15, 0.2) is 30.3 Å². The van der Waals surface area contributed by atoms with Crippen molar-refractivity contribution in [2.75, 3.05) is 5.88 Å². The molecular formula is C18H25Cl. The van der Waals surface area contributed by atoms with Crippen molar-refractivity contribution in [3.63, 3.8) is 0 Å². The van der Waals surface area contributed by atoms with E-state index in [1.807, 2.05) is 0 Å². The summed E-state index contributed by atoms with van der Waals surface area (Å²) >= 11 is 6.44. The Labute approximate surface area is 122 Å². The predicted octanol–water partition coefficient (Wildman–Crippen LogP) is 5.40. The summed E-state index contributed by atoms with van der Waals surface area (Å²) in [5.74, 6) is 3.73. The molecule has 2 fully saturated rings. The Balaban J connectivity index is 1.81. The number of halogens is 1. The third-order valence-corrected chi connectivity index (χ3v) is 6.37. The van der Waals surface area contributed by atoms with Gasteiger partial charge in [0.1, 0.15) is 0 Å². The van der Waals surface area contributed by atoms with Crippen LogP contribution in [-0.2, 0) is 5.41 Å². The molecule has 104 valence electrons. The normalized spacial score (nSPS) is 32.4. The smallest absolute Gasteiger partial charge is 0.0320 e. The van der Waals surface area contributed by atoms with Crippen molar-refractivity contribution in [3.8, 4) is 0 Å². The molecule has 4 atom stereocenters. The SMILES string of the molecule is CCC(CCl)(CC1CC2CCC1C2)c1ccccc1. The number of rotatable bonds is 5. The second kappa shape index (κ2) is 5.48. The summed E-state index contributed by atoms with van der Waals surface area (Å²) in [5, 5.41) is 0. The first-order valence-corrected chi connectivity index (χ1v) is 8.42. The molecule has 0 saturated heterocycles. The van der Waals surface area contributed by atoms with E-state index in [0.717, 1.165) is 30.1 Å². The molecule has 19 heavy (non-hydrogen) atoms. The zero-order valence-electron chi connectivity index (χ0n) is 11.9. The van der Waals surface area contributed by atoms with Crippen molar-refractivity contribution >= 4 is 11.6 Å². The lowest BCUT2D eigenvalue weighted by molar-refractivity contribution is 0.247. The zero-order chi connectivity index (χ0) is 13.3. The van der Waals surface area contributed by atoms with Gasteiger partial charge in [0.15, 0.2) is 0 Å². The maximum absolute atomic E-state index is 6.44. The van der Waals surface area contributed by atoms with Gasteiger partial charge >= 0.3 is 0 Å². The summed E-state index contributed by atoms with van der Waals surface area (Å²) in [5.41, 5.74) is 1.66. The van der Waals surface area contributed by atoms with E-state index in [0.29, 0.717) is 0 Å². The van der Waals surface area contributed by atoms with Crippen molar-refractivity contribution in [1.82, 2.24) is 0 Å². The highest BCUT2D eigenvalue weighted by Gasteiger charge is 2.43. The third-order valence-electron chi connectivity index (χ3n) is 5.86. The van der Waals surface area contributed by atoms with Crippen LogP contribution in [0.3, 0.4) is 0 Å². The van der Waals surface area contributed by atoms with Gasteiger partial charge in [-0.05, 0) is 55.4 Å². The summed E-state index contributed by atoms with van der Waals surface area (Å²) in [6.07, 6.45) is 8.41. The Bertz CT molecular complexity index is 407. The zero-order valence-corrected chi connectivity index (χ0v) is 12.7. The molecule has 2 aliphatic rings. The third kappa shape index (κ3) is 2.44. The Morgan fingerprint density at radius 3 is 2.47 bits per heavy atom. The highest BCUT2D eigenvalue weighted by Crippen LogP contribution is 2.52. The molecule has 2 aliphatic carbocycles. The minimum absolute atomic E-state index is 0.206. The molecule has 2 bridgehead atoms. The number of hydrogen-bond acceptors (Lipinski definition) is 0. The van der Waals surface area contributed by atoms with E-state index in [1.54, 1.807) is 0 Å². The molecule has 3 rings (SSSR count). The fourth-order valence-corrected chi connectivity index (χ4v) is 5.06. The predicted molar refractivity (Wildman–Crippen MR) is 82.7 cm³/mol. The summed E-state index contributed by atoms with van der Waals surface area (Å²) in [6.45, 7) is 2.31. The van der Waals surface area contributed by atoms with Crippen molar-refractivity contribution in [2.45, 2.75) is 50.9 Å². The molecule has 0 aliphatic heterocycles. The average Bonchev–Trinajstić information content (AvgIpc) is 3.08. The lowest BCUT2D eigenvalue weighted by atomic mass is 9.70. The van der Waals surface area contributed by atoms with E-state index in [-0.39, 0.29) is 5.41 Å². The van der Waals surface area contributed by atoms with Gasteiger partial charge in [-0.1, -0.05) is 43.7 Å². The molecule has 0 aromatic heterocycles. The topological polar surface area (TPSA) is 0 Å². The summed E-state index contributed by atoms with van der Waals surface area (Å²) in [7, 11) is 0. The Kier molecular flexibility index (Phi) is 3.89. The number of fused-ring (bicyclic) bond motifs is 2. The van der Waals surface area contributed by atoms with Crippen LogP contribution in [0.5, 0.6) is 0 Å². The van der Waals surface area contributed by atoms with E-state index < -0.39 is 0 Å². The van der Waals surface area contributed by atoms with Crippen LogP contribution in [0.2, 0.25) is 0 Å². The molecule has 2 saturated carbocycles. The van der Waals surface area contributed by atoms with Crippen molar-refractivity contribution in [2.24, 2.45) is 17.8 Å². The Hall–Kier alpha value is -0.490. The van der Waals surface area contributed by atoms with Gasteiger partial charge in [-0.3, -0.25) is 0 Å². The van der Waals surface area contributed by atoms with E-state index in [4.69, 9.17) is 11.6 Å². The van der Waals surface area contributed by atoms with E-state index in [2.05, 4.69) is 37.3 Å². The van der Waals surface area contributed by atoms with E-state index in [1.165, 1.54) is 37.7 Å². The molecule has 0 heterocycles. The van der Waals surface area contributed by atoms with Gasteiger partial charge in [-0.15, -0.1) is 11.6 Å². The minimum Gasteiger partial charge on any atom is -0.126 e. The molecule has 4 unspecified atom stereocenters. The highest BCUT2D eigenvalue weighted by atomic mass is 35.5. The van der Waals surface area contributed by atoms with Gasteiger partial charge in [0.05, 0.1) is 0 Å². The molecule has 1 aromatic rings. The first-order chi connectivity index (χ1) is 9.27. The van der Waals surface area contributed by atoms with Gasteiger partial charge in [-0.2, -0.15) is 0 Å². The van der Waals surface area contributed by atoms with Crippen molar-refractivity contribution < 1.29 is 0 Å². The van der Waals surface area contributed by atoms with Crippen LogP contribution in [0, 0.1) is 17.8 Å². The number of hydrogen-bond donors (Lipinski definition) is 0. The van der Waals surface area contributed by atoms with Gasteiger partial charge in [0, 0.05) is 11.3 Å². The standard InChI is InChI=1S/C18H25Cl/c1-2-18(13-19,17-6-4-3-5-7-17)12-16-11-14-8-9-15(16)10-14/h3-7,14-16H,2,8-13H2,1H3. The van der Waals surface area contributed by atoms with E-state index >= 15 is 0 Å². The second-order valence-corrected chi connectivity index (χ2v) is 7.04. The van der Waals surface area contributed by atoms with Gasteiger partial charge in [0.2, 0.25) is 0 Å². The fraction of sp³-hybridized carbons (Fsp3) is 0.667.